The molecule has 1 aromatic heterocycles. The van der Waals surface area contributed by atoms with Crippen LogP contribution in [0.15, 0.2) is 79.5 Å². The third-order valence-corrected chi connectivity index (χ3v) is 7.90. The molecule has 0 aliphatic heterocycles. The highest BCUT2D eigenvalue weighted by Crippen LogP contribution is 2.32. The van der Waals surface area contributed by atoms with Crippen LogP contribution in [0.1, 0.15) is 55.0 Å². The number of benzene rings is 3. The monoisotopic (exact) mass is 638 g/mol. The lowest BCUT2D eigenvalue weighted by Crippen LogP contribution is -2.25. The number of rotatable bonds is 7. The Hall–Kier alpha value is -3.37. The number of para-hydroxylation sites is 1. The molecule has 5 rings (SSSR count). The zero-order valence-corrected chi connectivity index (χ0v) is 23.5. The lowest BCUT2D eigenvalue weighted by Gasteiger charge is -2.22. The molecule has 1 saturated carbocycles. The molecular weight excluding hydrogens is 616 g/mol. The number of hydrogen-bond donors (Lipinski definition) is 0. The third-order valence-electron chi connectivity index (χ3n) is 6.66. The second kappa shape index (κ2) is 11.6. The van der Waals surface area contributed by atoms with E-state index in [0.717, 1.165) is 40.2 Å². The molecule has 1 aliphatic carbocycles. The number of nitrogens with zero attached hydrogens (tertiary/aromatic N) is 4. The Morgan fingerprint density at radius 3 is 2.63 bits per heavy atom. The molecule has 0 amide bonds. The quantitative estimate of drug-likeness (QED) is 0.120. The van der Waals surface area contributed by atoms with E-state index in [9.17, 15) is 14.9 Å². The number of aromatic nitrogens is 2. The van der Waals surface area contributed by atoms with Crippen LogP contribution in [0.2, 0.25) is 0 Å². The summed E-state index contributed by atoms with van der Waals surface area (Å²) >= 11 is 6.97. The van der Waals surface area contributed by atoms with Gasteiger partial charge in [-0.1, -0.05) is 69.3 Å². The van der Waals surface area contributed by atoms with Crippen molar-refractivity contribution in [3.05, 3.63) is 107 Å². The molecule has 10 heteroatoms. The second-order valence-corrected chi connectivity index (χ2v) is 11.0. The van der Waals surface area contributed by atoms with Crippen molar-refractivity contribution in [2.24, 2.45) is 5.10 Å². The highest BCUT2D eigenvalue weighted by molar-refractivity contribution is 9.11. The minimum Gasteiger partial charge on any atom is -0.488 e. The van der Waals surface area contributed by atoms with Gasteiger partial charge >= 0.3 is 0 Å². The van der Waals surface area contributed by atoms with Crippen molar-refractivity contribution in [3.8, 4) is 5.75 Å². The van der Waals surface area contributed by atoms with Crippen LogP contribution in [-0.2, 0) is 6.61 Å². The minimum atomic E-state index is -0.469. The summed E-state index contributed by atoms with van der Waals surface area (Å²) in [6.07, 6.45) is 6.64. The van der Waals surface area contributed by atoms with Crippen LogP contribution in [0.3, 0.4) is 0 Å². The van der Waals surface area contributed by atoms with E-state index in [2.05, 4.69) is 37.0 Å². The van der Waals surface area contributed by atoms with E-state index in [1.807, 2.05) is 30.3 Å². The predicted octanol–water partition coefficient (Wildman–Crippen LogP) is 7.34. The molecule has 0 bridgehead atoms. The first-order chi connectivity index (χ1) is 18.4. The third kappa shape index (κ3) is 5.71. The molecule has 0 saturated heterocycles. The standard InChI is InChI=1S/C28H24Br2N4O4/c29-21-11-10-19(24(30)15-21)17-38-26-13-12-22(34(36)37)14-20(26)16-31-33-27(18-6-2-1-3-7-18)32-25-9-5-4-8-23(25)28(33)35/h4-5,8-16,18H,1-3,6-7,17H2. The fourth-order valence-electron chi connectivity index (χ4n) is 4.67. The summed E-state index contributed by atoms with van der Waals surface area (Å²) in [6, 6.07) is 17.3. The SMILES string of the molecule is O=c1c2ccccc2nc(C2CCCCC2)n1N=Cc1cc([N+](=O)[O-])ccc1OCc1ccc(Br)cc1Br. The van der Waals surface area contributed by atoms with E-state index in [0.29, 0.717) is 28.0 Å². The molecule has 0 spiro atoms. The van der Waals surface area contributed by atoms with E-state index in [-0.39, 0.29) is 23.8 Å². The molecule has 0 unspecified atom stereocenters. The molecule has 38 heavy (non-hydrogen) atoms. The lowest BCUT2D eigenvalue weighted by molar-refractivity contribution is -0.384. The van der Waals surface area contributed by atoms with Crippen LogP contribution < -0.4 is 10.3 Å². The largest absolute Gasteiger partial charge is 0.488 e. The molecule has 0 atom stereocenters. The van der Waals surface area contributed by atoms with Gasteiger partial charge in [0.1, 0.15) is 18.2 Å². The van der Waals surface area contributed by atoms with E-state index in [1.165, 1.54) is 29.4 Å². The maximum Gasteiger partial charge on any atom is 0.282 e. The second-order valence-electron chi connectivity index (χ2n) is 9.19. The van der Waals surface area contributed by atoms with E-state index < -0.39 is 4.92 Å². The van der Waals surface area contributed by atoms with Crippen LogP contribution in [0.5, 0.6) is 5.75 Å². The topological polar surface area (TPSA) is 99.6 Å². The summed E-state index contributed by atoms with van der Waals surface area (Å²) in [7, 11) is 0. The first-order valence-electron chi connectivity index (χ1n) is 12.3. The molecule has 1 fully saturated rings. The van der Waals surface area contributed by atoms with Gasteiger partial charge in [0.25, 0.3) is 11.2 Å². The van der Waals surface area contributed by atoms with Gasteiger partial charge in [0, 0.05) is 38.1 Å². The highest BCUT2D eigenvalue weighted by atomic mass is 79.9. The molecule has 3 aromatic carbocycles. The van der Waals surface area contributed by atoms with Gasteiger partial charge < -0.3 is 4.74 Å². The molecule has 1 aliphatic rings. The van der Waals surface area contributed by atoms with E-state index in [1.54, 1.807) is 18.2 Å². The van der Waals surface area contributed by atoms with Gasteiger partial charge in [-0.25, -0.2) is 4.98 Å². The van der Waals surface area contributed by atoms with Crippen LogP contribution in [-0.4, -0.2) is 20.8 Å². The maximum atomic E-state index is 13.5. The van der Waals surface area contributed by atoms with Crippen LogP contribution in [0.4, 0.5) is 5.69 Å². The van der Waals surface area contributed by atoms with Gasteiger partial charge in [-0.3, -0.25) is 14.9 Å². The average molecular weight is 640 g/mol. The lowest BCUT2D eigenvalue weighted by atomic mass is 9.88. The Bertz CT molecular complexity index is 1600. The number of ether oxygens (including phenoxy) is 1. The van der Waals surface area contributed by atoms with Crippen molar-refractivity contribution in [2.45, 2.75) is 44.6 Å². The summed E-state index contributed by atoms with van der Waals surface area (Å²) in [5, 5.41) is 16.5. The number of hydrogen-bond acceptors (Lipinski definition) is 6. The molecular formula is C28H24Br2N4O4. The number of nitro groups is 1. The first kappa shape index (κ1) is 26.2. The maximum absolute atomic E-state index is 13.5. The Labute approximate surface area is 235 Å². The molecule has 4 aromatic rings. The fraction of sp³-hybridized carbons (Fsp3) is 0.250. The average Bonchev–Trinajstić information content (AvgIpc) is 2.92. The Morgan fingerprint density at radius 2 is 1.87 bits per heavy atom. The number of halogens is 2. The van der Waals surface area contributed by atoms with Gasteiger partial charge in [-0.05, 0) is 43.2 Å². The molecule has 1 heterocycles. The zero-order valence-electron chi connectivity index (χ0n) is 20.3. The van der Waals surface area contributed by atoms with Crippen molar-refractivity contribution < 1.29 is 9.66 Å². The van der Waals surface area contributed by atoms with Crippen molar-refractivity contribution in [2.75, 3.05) is 0 Å². The Balaban J connectivity index is 1.55. The summed E-state index contributed by atoms with van der Waals surface area (Å²) in [5.41, 5.74) is 1.58. The molecule has 0 radical (unpaired) electrons. The van der Waals surface area contributed by atoms with Crippen LogP contribution in [0, 0.1) is 10.1 Å². The fourth-order valence-corrected chi connectivity index (χ4v) is 5.83. The van der Waals surface area contributed by atoms with Gasteiger partial charge in [-0.15, -0.1) is 0 Å². The van der Waals surface area contributed by atoms with Crippen LogP contribution in [0.25, 0.3) is 10.9 Å². The zero-order chi connectivity index (χ0) is 26.6. The van der Waals surface area contributed by atoms with Crippen molar-refractivity contribution in [3.63, 3.8) is 0 Å². The molecule has 0 N–H and O–H groups in total. The molecule has 8 nitrogen and oxygen atoms in total. The summed E-state index contributed by atoms with van der Waals surface area (Å²) < 4.78 is 9.21. The van der Waals surface area contributed by atoms with Crippen molar-refractivity contribution in [1.29, 1.82) is 0 Å². The van der Waals surface area contributed by atoms with Crippen LogP contribution >= 0.6 is 31.9 Å². The van der Waals surface area contributed by atoms with Gasteiger partial charge in [-0.2, -0.15) is 9.78 Å². The van der Waals surface area contributed by atoms with Gasteiger partial charge in [0.2, 0.25) is 0 Å². The number of fused-ring (bicyclic) bond motifs is 1. The summed E-state index contributed by atoms with van der Waals surface area (Å²) in [6.45, 7) is 0.233. The normalized spacial score (nSPS) is 14.3. The summed E-state index contributed by atoms with van der Waals surface area (Å²) in [4.78, 5) is 29.4. The van der Waals surface area contributed by atoms with E-state index in [4.69, 9.17) is 9.72 Å². The summed E-state index contributed by atoms with van der Waals surface area (Å²) in [5.74, 6) is 1.15. The van der Waals surface area contributed by atoms with Gasteiger partial charge in [0.05, 0.1) is 22.0 Å². The van der Waals surface area contributed by atoms with E-state index >= 15 is 0 Å². The van der Waals surface area contributed by atoms with Crippen molar-refractivity contribution >= 4 is 54.7 Å². The van der Waals surface area contributed by atoms with Crippen molar-refractivity contribution in [1.82, 2.24) is 9.66 Å². The Morgan fingerprint density at radius 1 is 1.08 bits per heavy atom. The molecule has 194 valence electrons. The number of non-ortho nitro benzene ring substituents is 1. The highest BCUT2D eigenvalue weighted by Gasteiger charge is 2.22. The van der Waals surface area contributed by atoms with Gasteiger partial charge in [0.15, 0.2) is 0 Å². The predicted molar refractivity (Wildman–Crippen MR) is 154 cm³/mol. The first-order valence-corrected chi connectivity index (χ1v) is 13.9. The minimum absolute atomic E-state index is 0.0971. The number of nitro benzene ring substituents is 1. The smallest absolute Gasteiger partial charge is 0.282 e. The Kier molecular flexibility index (Phi) is 7.99.